The number of rotatable bonds is 5. The number of esters is 1. The number of carbonyl (C=O) groups excluding carboxylic acids is 1. The van der Waals surface area contributed by atoms with Crippen molar-refractivity contribution >= 4 is 38.1 Å². The standard InChI is InChI=1S/C23H27NO9P2/c1-14(2)31-21(25)19-8-9-20(18-7-5-4-6-17(18)19)22-32-34(27,28)23(26,35(29,30)33-22)11-16-10-15(3)12-24-13-16/h4-10,13-15,22,26H,11-12H2,1-3H3,(H,27,28)(H,29,30). The van der Waals surface area contributed by atoms with Gasteiger partial charge in [0.2, 0.25) is 6.29 Å². The Balaban J connectivity index is 1.73. The lowest BCUT2D eigenvalue weighted by Gasteiger charge is -2.41. The first kappa shape index (κ1) is 25.9. The number of hydrogen-bond acceptors (Lipinski definition) is 8. The van der Waals surface area contributed by atoms with Crippen molar-refractivity contribution in [3.05, 3.63) is 59.2 Å². The van der Waals surface area contributed by atoms with Gasteiger partial charge in [-0.3, -0.25) is 23.2 Å². The van der Waals surface area contributed by atoms with E-state index >= 15 is 0 Å². The number of dihydropyridines is 1. The van der Waals surface area contributed by atoms with Gasteiger partial charge in [0.05, 0.1) is 11.7 Å². The number of carbonyl (C=O) groups is 1. The molecule has 35 heavy (non-hydrogen) atoms. The molecule has 0 amide bonds. The maximum atomic E-state index is 13.2. The lowest BCUT2D eigenvalue weighted by molar-refractivity contribution is -0.0568. The van der Waals surface area contributed by atoms with Gasteiger partial charge in [-0.15, -0.1) is 0 Å². The van der Waals surface area contributed by atoms with E-state index in [9.17, 15) is 28.8 Å². The van der Waals surface area contributed by atoms with Gasteiger partial charge < -0.3 is 19.6 Å². The molecule has 4 rings (SSSR count). The summed E-state index contributed by atoms with van der Waals surface area (Å²) in [7, 11) is -10.3. The second-order valence-corrected chi connectivity index (χ2v) is 13.3. The van der Waals surface area contributed by atoms with Crippen LogP contribution in [0.4, 0.5) is 0 Å². The number of hydrogen-bond donors (Lipinski definition) is 3. The third-order valence-electron chi connectivity index (χ3n) is 5.75. The van der Waals surface area contributed by atoms with Gasteiger partial charge in [-0.25, -0.2) is 4.79 Å². The Morgan fingerprint density at radius 3 is 2.37 bits per heavy atom. The smallest absolute Gasteiger partial charge is 0.374 e. The highest BCUT2D eigenvalue weighted by Gasteiger charge is 2.67. The van der Waals surface area contributed by atoms with Gasteiger partial charge in [0.1, 0.15) is 0 Å². The van der Waals surface area contributed by atoms with E-state index in [1.807, 2.05) is 6.92 Å². The van der Waals surface area contributed by atoms with Crippen molar-refractivity contribution in [3.63, 3.8) is 0 Å². The van der Waals surface area contributed by atoms with Gasteiger partial charge in [-0.2, -0.15) is 0 Å². The van der Waals surface area contributed by atoms with Crippen LogP contribution in [0.25, 0.3) is 10.8 Å². The zero-order valence-corrected chi connectivity index (χ0v) is 21.2. The highest BCUT2D eigenvalue weighted by Crippen LogP contribution is 2.80. The molecule has 12 heteroatoms. The Labute approximate surface area is 202 Å². The van der Waals surface area contributed by atoms with E-state index < -0.39 is 39.0 Å². The largest absolute Gasteiger partial charge is 0.459 e. The molecule has 0 aliphatic carbocycles. The van der Waals surface area contributed by atoms with E-state index in [1.54, 1.807) is 44.2 Å². The molecular weight excluding hydrogens is 496 g/mol. The van der Waals surface area contributed by atoms with Gasteiger partial charge >= 0.3 is 21.2 Å². The van der Waals surface area contributed by atoms with Crippen LogP contribution in [-0.2, 0) is 22.9 Å². The molecular formula is C23H27NO9P2. The average Bonchev–Trinajstić information content (AvgIpc) is 2.76. The molecule has 0 saturated carbocycles. The molecule has 2 heterocycles. The molecule has 0 aromatic heterocycles. The number of aliphatic hydroxyl groups is 1. The SMILES string of the molecule is CC1C=C(CC2(O)P(=O)(O)OC(c3ccc(C(=O)OC(C)C)c4ccccc34)OP2(=O)O)C=NC1. The highest BCUT2D eigenvalue weighted by molar-refractivity contribution is 7.73. The predicted molar refractivity (Wildman–Crippen MR) is 129 cm³/mol. The zero-order chi connectivity index (χ0) is 25.6. The van der Waals surface area contributed by atoms with E-state index in [-0.39, 0.29) is 23.1 Å². The first-order chi connectivity index (χ1) is 16.3. The molecule has 3 unspecified atom stereocenters. The topological polar surface area (TPSA) is 152 Å². The predicted octanol–water partition coefficient (Wildman–Crippen LogP) is 4.50. The lowest BCUT2D eigenvalue weighted by Crippen LogP contribution is -2.36. The first-order valence-corrected chi connectivity index (χ1v) is 14.2. The zero-order valence-electron chi connectivity index (χ0n) is 19.4. The molecule has 2 aliphatic heterocycles. The minimum absolute atomic E-state index is 0.0137. The van der Waals surface area contributed by atoms with Crippen molar-refractivity contribution in [1.29, 1.82) is 0 Å². The second-order valence-electron chi connectivity index (χ2n) is 8.95. The average molecular weight is 523 g/mol. The summed E-state index contributed by atoms with van der Waals surface area (Å²) in [5.74, 6) is -0.583. The second kappa shape index (κ2) is 9.37. The monoisotopic (exact) mass is 523 g/mol. The number of fused-ring (bicyclic) bond motifs is 1. The summed E-state index contributed by atoms with van der Waals surface area (Å²) in [5, 5.41) is 8.74. The Morgan fingerprint density at radius 2 is 1.77 bits per heavy atom. The van der Waals surface area contributed by atoms with Crippen molar-refractivity contribution in [3.8, 4) is 0 Å². The molecule has 2 aliphatic rings. The summed E-state index contributed by atoms with van der Waals surface area (Å²) in [4.78, 5) is 38.1. The van der Waals surface area contributed by atoms with Crippen LogP contribution in [0.3, 0.4) is 0 Å². The Kier molecular flexibility index (Phi) is 6.94. The third kappa shape index (κ3) is 4.80. The summed E-state index contributed by atoms with van der Waals surface area (Å²) in [6, 6.07) is 9.42. The van der Waals surface area contributed by atoms with Crippen LogP contribution in [0.1, 0.15) is 49.4 Å². The van der Waals surface area contributed by atoms with Crippen LogP contribution in [0.15, 0.2) is 53.0 Å². The van der Waals surface area contributed by atoms with Crippen molar-refractivity contribution in [2.24, 2.45) is 10.9 Å². The summed E-state index contributed by atoms with van der Waals surface area (Å²) >= 11 is 0. The van der Waals surface area contributed by atoms with E-state index in [1.165, 1.54) is 18.3 Å². The molecule has 2 aromatic carbocycles. The minimum atomic E-state index is -5.14. The van der Waals surface area contributed by atoms with Gasteiger partial charge in [-0.05, 0) is 42.2 Å². The molecule has 0 radical (unpaired) electrons. The number of benzene rings is 2. The first-order valence-electron chi connectivity index (χ1n) is 11.0. The molecule has 188 valence electrons. The molecule has 0 bridgehead atoms. The fraction of sp³-hybridized carbons (Fsp3) is 0.391. The maximum Gasteiger partial charge on any atom is 0.374 e. The van der Waals surface area contributed by atoms with E-state index in [2.05, 4.69) is 4.99 Å². The van der Waals surface area contributed by atoms with Crippen LogP contribution in [0.2, 0.25) is 0 Å². The van der Waals surface area contributed by atoms with Gasteiger partial charge in [0.15, 0.2) is 0 Å². The fourth-order valence-electron chi connectivity index (χ4n) is 4.08. The van der Waals surface area contributed by atoms with E-state index in [0.717, 1.165) is 0 Å². The normalized spacial score (nSPS) is 33.1. The highest BCUT2D eigenvalue weighted by atomic mass is 31.2. The molecule has 10 nitrogen and oxygen atoms in total. The Bertz CT molecular complexity index is 1290. The van der Waals surface area contributed by atoms with Crippen LogP contribution in [0, 0.1) is 5.92 Å². The lowest BCUT2D eigenvalue weighted by atomic mass is 9.99. The summed E-state index contributed by atoms with van der Waals surface area (Å²) in [6.45, 7) is 5.78. The Hall–Kier alpha value is -2.16. The molecule has 0 spiro atoms. The fourth-order valence-corrected chi connectivity index (χ4v) is 7.64. The van der Waals surface area contributed by atoms with Gasteiger partial charge in [0.25, 0.3) is 5.08 Å². The molecule has 1 saturated heterocycles. The quantitative estimate of drug-likeness (QED) is 0.380. The van der Waals surface area contributed by atoms with Crippen LogP contribution < -0.4 is 0 Å². The summed E-state index contributed by atoms with van der Waals surface area (Å²) < 4.78 is 42.2. The molecule has 2 aromatic rings. The number of nitrogens with zero attached hydrogens (tertiary/aromatic N) is 1. The molecule has 3 N–H and O–H groups in total. The summed E-state index contributed by atoms with van der Waals surface area (Å²) in [5.41, 5.74) is 0.695. The number of aliphatic imine (C=N–C) groups is 1. The van der Waals surface area contributed by atoms with Crippen molar-refractivity contribution in [1.82, 2.24) is 0 Å². The molecule has 1 fully saturated rings. The minimum Gasteiger partial charge on any atom is -0.459 e. The Morgan fingerprint density at radius 1 is 1.14 bits per heavy atom. The van der Waals surface area contributed by atoms with E-state index in [4.69, 9.17) is 13.8 Å². The number of ether oxygens (including phenoxy) is 1. The molecule has 3 atom stereocenters. The van der Waals surface area contributed by atoms with Crippen molar-refractivity contribution in [2.45, 2.75) is 44.7 Å². The van der Waals surface area contributed by atoms with Crippen LogP contribution >= 0.6 is 15.2 Å². The third-order valence-corrected chi connectivity index (χ3v) is 10.3. The van der Waals surface area contributed by atoms with E-state index in [0.29, 0.717) is 22.9 Å². The van der Waals surface area contributed by atoms with Crippen molar-refractivity contribution < 1.29 is 42.6 Å². The summed E-state index contributed by atoms with van der Waals surface area (Å²) in [6.07, 6.45) is 0.313. The van der Waals surface area contributed by atoms with Gasteiger partial charge in [0, 0.05) is 24.7 Å². The van der Waals surface area contributed by atoms with Crippen LogP contribution in [0.5, 0.6) is 0 Å². The van der Waals surface area contributed by atoms with Crippen molar-refractivity contribution in [2.75, 3.05) is 6.54 Å². The maximum absolute atomic E-state index is 13.2. The van der Waals surface area contributed by atoms with Gasteiger partial charge in [-0.1, -0.05) is 43.3 Å². The van der Waals surface area contributed by atoms with Crippen LogP contribution in [-0.4, -0.2) is 44.8 Å².